The van der Waals surface area contributed by atoms with E-state index in [2.05, 4.69) is 32.2 Å². The lowest BCUT2D eigenvalue weighted by molar-refractivity contribution is -0.436. The van der Waals surface area contributed by atoms with Crippen molar-refractivity contribution < 1.29 is 91.1 Å². The highest BCUT2D eigenvalue weighted by atomic mass is 32.2. The molecule has 2 bridgehead atoms. The Bertz CT molecular complexity index is 1390. The third-order valence-electron chi connectivity index (χ3n) is 12.2. The molecule has 5 fully saturated rings. The Labute approximate surface area is 326 Å². The van der Waals surface area contributed by atoms with Crippen molar-refractivity contribution in [3.8, 4) is 0 Å². The number of fused-ring (bicyclic) bond motifs is 3. The predicted octanol–water partition coefficient (Wildman–Crippen LogP) is 4.45. The van der Waals surface area contributed by atoms with E-state index in [-0.39, 0.29) is 61.2 Å². The first kappa shape index (κ1) is 44.0. The Balaban J connectivity index is 1.48. The standard InChI is InChI=1S/C34H50O19S2/c1-16(2)11-26(38)47-29-28(49-55-53-51-43)27(48-54-52-50-42)22(15-44-25(37)8-7-24(35)36)46-32(29)45-19-12-20(31(40)41)21-9-10-34-13-18(17(3)30(34)39)5-6-23(34)33(21,4)14-19/h16,18-23,27-30,32,39,42-43H,3,5-15H2,1-2,4H3,(H,35,36)(H,40,41)/t18?,19?,20?,21?,22-,23?,27-,28-,29?,30+,32+,33?,34?/m1/s1. The maximum atomic E-state index is 13.3. The molecule has 1 heterocycles. The minimum absolute atomic E-state index is 0.0333. The third kappa shape index (κ3) is 9.78. The van der Waals surface area contributed by atoms with E-state index >= 15 is 0 Å². The average Bonchev–Trinajstić information content (AvgIpc) is 3.29. The molecule has 1 spiro atoms. The fraction of sp³-hybridized carbons (Fsp3) is 0.824. The summed E-state index contributed by atoms with van der Waals surface area (Å²) in [7, 11) is 0. The monoisotopic (exact) mass is 826 g/mol. The van der Waals surface area contributed by atoms with Crippen LogP contribution in [0.3, 0.4) is 0 Å². The number of carboxylic acid groups (broad SMARTS) is 2. The molecular formula is C34H50O19S2. The Kier molecular flexibility index (Phi) is 15.3. The van der Waals surface area contributed by atoms with Gasteiger partial charge in [0.1, 0.15) is 24.9 Å². The Morgan fingerprint density at radius 1 is 0.945 bits per heavy atom. The van der Waals surface area contributed by atoms with Crippen molar-refractivity contribution in [2.75, 3.05) is 6.61 Å². The number of carbonyl (C=O) groups excluding carboxylic acids is 2. The van der Waals surface area contributed by atoms with Crippen LogP contribution in [-0.4, -0.2) is 99.2 Å². The number of rotatable bonds is 19. The number of aliphatic hydroxyl groups is 1. The van der Waals surface area contributed by atoms with Gasteiger partial charge in [-0.1, -0.05) is 37.4 Å². The summed E-state index contributed by atoms with van der Waals surface area (Å²) in [5.74, 6) is -4.81. The third-order valence-corrected chi connectivity index (χ3v) is 13.1. The van der Waals surface area contributed by atoms with Gasteiger partial charge in [-0.05, 0) is 79.6 Å². The summed E-state index contributed by atoms with van der Waals surface area (Å²) in [4.78, 5) is 49.8. The molecule has 312 valence electrons. The summed E-state index contributed by atoms with van der Waals surface area (Å²) in [5.41, 5.74) is -0.194. The molecule has 5 N–H and O–H groups in total. The van der Waals surface area contributed by atoms with E-state index < -0.39 is 103 Å². The first-order valence-electron chi connectivity index (χ1n) is 18.2. The fourth-order valence-corrected chi connectivity index (χ4v) is 10.9. The molecule has 19 nitrogen and oxygen atoms in total. The quantitative estimate of drug-likeness (QED) is 0.0229. The van der Waals surface area contributed by atoms with E-state index in [1.807, 2.05) is 0 Å². The second-order valence-electron chi connectivity index (χ2n) is 15.8. The van der Waals surface area contributed by atoms with Gasteiger partial charge in [0.2, 0.25) is 0 Å². The second kappa shape index (κ2) is 19.1. The number of esters is 2. The van der Waals surface area contributed by atoms with Gasteiger partial charge in [-0.2, -0.15) is 0 Å². The van der Waals surface area contributed by atoms with Gasteiger partial charge >= 0.3 is 23.9 Å². The normalized spacial score (nSPS) is 38.2. The lowest BCUT2D eigenvalue weighted by atomic mass is 9.43. The minimum Gasteiger partial charge on any atom is -0.481 e. The van der Waals surface area contributed by atoms with Crippen molar-refractivity contribution in [3.05, 3.63) is 12.2 Å². The number of hydrogen-bond donors (Lipinski definition) is 5. The zero-order valence-electron chi connectivity index (χ0n) is 30.7. The van der Waals surface area contributed by atoms with Crippen LogP contribution in [0, 0.1) is 40.4 Å². The van der Waals surface area contributed by atoms with Crippen LogP contribution in [0.2, 0.25) is 0 Å². The number of aliphatic carboxylic acids is 2. The zero-order chi connectivity index (χ0) is 40.1. The summed E-state index contributed by atoms with van der Waals surface area (Å²) in [5, 5.41) is 56.0. The lowest BCUT2D eigenvalue weighted by Gasteiger charge is -2.62. The van der Waals surface area contributed by atoms with Crippen LogP contribution in [0.4, 0.5) is 0 Å². The maximum absolute atomic E-state index is 13.3. The van der Waals surface area contributed by atoms with Crippen LogP contribution < -0.4 is 0 Å². The smallest absolute Gasteiger partial charge is 0.306 e. The van der Waals surface area contributed by atoms with Gasteiger partial charge < -0.3 is 34.3 Å². The number of hydrogen-bond acceptors (Lipinski definition) is 19. The molecular weight excluding hydrogens is 776 g/mol. The Morgan fingerprint density at radius 3 is 2.27 bits per heavy atom. The summed E-state index contributed by atoms with van der Waals surface area (Å²) in [6.07, 6.45) is -5.63. The largest absolute Gasteiger partial charge is 0.481 e. The molecule has 5 aliphatic rings. The molecule has 0 aromatic heterocycles. The zero-order valence-corrected chi connectivity index (χ0v) is 32.3. The summed E-state index contributed by atoms with van der Waals surface area (Å²) in [6, 6.07) is 0. The molecule has 0 amide bonds. The number of aliphatic hydroxyl groups excluding tert-OH is 1. The highest BCUT2D eigenvalue weighted by Gasteiger charge is 2.67. The molecule has 0 aromatic carbocycles. The number of carbonyl (C=O) groups is 4. The summed E-state index contributed by atoms with van der Waals surface area (Å²) >= 11 is 0.204. The van der Waals surface area contributed by atoms with E-state index in [9.17, 15) is 29.4 Å². The first-order valence-corrected chi connectivity index (χ1v) is 19.6. The van der Waals surface area contributed by atoms with Crippen molar-refractivity contribution in [2.45, 2.75) is 128 Å². The summed E-state index contributed by atoms with van der Waals surface area (Å²) in [6.45, 7) is 9.29. The van der Waals surface area contributed by atoms with Gasteiger partial charge in [-0.15, -0.1) is 8.67 Å². The number of carboxylic acids is 2. The molecule has 21 heteroatoms. The van der Waals surface area contributed by atoms with Crippen molar-refractivity contribution in [1.82, 2.24) is 0 Å². The van der Waals surface area contributed by atoms with Gasteiger partial charge in [0.25, 0.3) is 0 Å². The van der Waals surface area contributed by atoms with Gasteiger partial charge in [0.15, 0.2) is 37.0 Å². The van der Waals surface area contributed by atoms with Crippen LogP contribution in [0.1, 0.15) is 85.0 Å². The summed E-state index contributed by atoms with van der Waals surface area (Å²) < 4.78 is 44.4. The fourth-order valence-electron chi connectivity index (χ4n) is 10.1. The van der Waals surface area contributed by atoms with E-state index in [0.29, 0.717) is 19.3 Å². The SMILES string of the molecule is C=C1C2CCC3C4(C)CC(O[C@H]5O[C@H](COC(=O)CCC(=O)O)[C@@H](OSOOO)[C@@H](OSOOO)C5OC(=O)CC(C)C)CC(C(=O)O)C4CCC3(C2)[C@H]1O. The molecule has 8 unspecified atom stereocenters. The van der Waals surface area contributed by atoms with Crippen molar-refractivity contribution in [1.29, 1.82) is 0 Å². The highest BCUT2D eigenvalue weighted by Crippen LogP contribution is 2.70. The second-order valence-corrected chi connectivity index (χ2v) is 16.7. The van der Waals surface area contributed by atoms with Gasteiger partial charge in [-0.25, -0.2) is 10.5 Å². The van der Waals surface area contributed by atoms with E-state index in [4.69, 9.17) is 42.9 Å². The molecule has 0 radical (unpaired) electrons. The van der Waals surface area contributed by atoms with Crippen LogP contribution in [0.5, 0.6) is 0 Å². The predicted molar refractivity (Wildman–Crippen MR) is 185 cm³/mol. The highest BCUT2D eigenvalue weighted by molar-refractivity contribution is 7.90. The van der Waals surface area contributed by atoms with Crippen molar-refractivity contribution >= 4 is 48.5 Å². The van der Waals surface area contributed by atoms with E-state index in [1.165, 1.54) is 0 Å². The Morgan fingerprint density at radius 2 is 1.64 bits per heavy atom. The van der Waals surface area contributed by atoms with Gasteiger partial charge in [0, 0.05) is 11.8 Å². The van der Waals surface area contributed by atoms with E-state index in [1.54, 1.807) is 13.8 Å². The van der Waals surface area contributed by atoms with Crippen molar-refractivity contribution in [3.63, 3.8) is 0 Å². The van der Waals surface area contributed by atoms with Gasteiger partial charge in [-0.3, -0.25) is 27.5 Å². The van der Waals surface area contributed by atoms with Gasteiger partial charge in [0.05, 0.1) is 31.0 Å². The first-order chi connectivity index (χ1) is 26.1. The van der Waals surface area contributed by atoms with Crippen LogP contribution in [0.15, 0.2) is 12.2 Å². The minimum atomic E-state index is -1.52. The average molecular weight is 827 g/mol. The molecule has 1 saturated heterocycles. The molecule has 55 heavy (non-hydrogen) atoms. The topological polar surface area (TPSA) is 262 Å². The molecule has 5 rings (SSSR count). The molecule has 0 aromatic rings. The molecule has 4 aliphatic carbocycles. The number of ether oxygens (including phenoxy) is 4. The molecule has 13 atom stereocenters. The van der Waals surface area contributed by atoms with E-state index in [0.717, 1.165) is 24.8 Å². The molecule has 1 aliphatic heterocycles. The maximum Gasteiger partial charge on any atom is 0.306 e. The van der Waals surface area contributed by atoms with Crippen LogP contribution in [-0.2, 0) is 65.2 Å². The van der Waals surface area contributed by atoms with Crippen LogP contribution >= 0.6 is 24.6 Å². The van der Waals surface area contributed by atoms with Crippen molar-refractivity contribution in [2.24, 2.45) is 40.4 Å². The molecule has 4 saturated carbocycles. The lowest BCUT2D eigenvalue weighted by Crippen LogP contribution is -2.63. The van der Waals surface area contributed by atoms with Crippen LogP contribution in [0.25, 0.3) is 0 Å². The Hall–Kier alpha value is -2.12.